The van der Waals surface area contributed by atoms with Gasteiger partial charge in [0.1, 0.15) is 0 Å². The number of alkyl halides is 1. The van der Waals surface area contributed by atoms with E-state index in [9.17, 15) is 4.79 Å². The first-order valence-electron chi connectivity index (χ1n) is 3.17. The lowest BCUT2D eigenvalue weighted by molar-refractivity contribution is -0.118. The second kappa shape index (κ2) is 2.93. The van der Waals surface area contributed by atoms with Crippen LogP contribution in [0.15, 0.2) is 11.1 Å². The van der Waals surface area contributed by atoms with Crippen LogP contribution in [0.3, 0.4) is 0 Å². The Bertz CT molecular complexity index is 186. The van der Waals surface area contributed by atoms with Crippen molar-refractivity contribution in [2.24, 2.45) is 5.92 Å². The van der Waals surface area contributed by atoms with Gasteiger partial charge in [-0.15, -0.1) is 11.6 Å². The number of carbonyl (C=O) groups excluding carboxylic acids is 1. The molecule has 0 aliphatic heterocycles. The standard InChI is InChI=1S/C7H8Cl2O/c1-4-2-5(8)3-6(9)7(4)10/h3-5H,2H2,1H3. The molecule has 1 aliphatic rings. The van der Waals surface area contributed by atoms with Crippen LogP contribution in [0, 0.1) is 5.92 Å². The zero-order chi connectivity index (χ0) is 7.72. The second-order valence-corrected chi connectivity index (χ2v) is 3.50. The number of carbonyl (C=O) groups is 1. The molecule has 2 atom stereocenters. The second-order valence-electron chi connectivity index (χ2n) is 2.53. The molecule has 0 radical (unpaired) electrons. The number of hydrogen-bond acceptors (Lipinski definition) is 1. The average molecular weight is 179 g/mol. The highest BCUT2D eigenvalue weighted by molar-refractivity contribution is 6.43. The number of hydrogen-bond donors (Lipinski definition) is 0. The van der Waals surface area contributed by atoms with Crippen LogP contribution in [0.5, 0.6) is 0 Å². The molecule has 0 heterocycles. The van der Waals surface area contributed by atoms with E-state index in [-0.39, 0.29) is 17.1 Å². The lowest BCUT2D eigenvalue weighted by atomic mass is 9.95. The van der Waals surface area contributed by atoms with Crippen LogP contribution in [-0.2, 0) is 4.79 Å². The van der Waals surface area contributed by atoms with Gasteiger partial charge in [0, 0.05) is 5.92 Å². The lowest BCUT2D eigenvalue weighted by Gasteiger charge is -2.17. The van der Waals surface area contributed by atoms with E-state index >= 15 is 0 Å². The van der Waals surface area contributed by atoms with E-state index in [1.807, 2.05) is 6.92 Å². The number of rotatable bonds is 0. The number of halogens is 2. The van der Waals surface area contributed by atoms with E-state index in [0.717, 1.165) is 0 Å². The van der Waals surface area contributed by atoms with Gasteiger partial charge in [-0.1, -0.05) is 18.5 Å². The zero-order valence-corrected chi connectivity index (χ0v) is 7.12. The molecule has 0 aromatic heterocycles. The van der Waals surface area contributed by atoms with Crippen molar-refractivity contribution >= 4 is 29.0 Å². The molecular formula is C7H8Cl2O. The van der Waals surface area contributed by atoms with Gasteiger partial charge in [0.15, 0.2) is 5.78 Å². The molecule has 56 valence electrons. The minimum atomic E-state index is -0.0693. The Morgan fingerprint density at radius 3 is 2.80 bits per heavy atom. The van der Waals surface area contributed by atoms with Crippen molar-refractivity contribution in [2.45, 2.75) is 18.7 Å². The Morgan fingerprint density at radius 1 is 1.70 bits per heavy atom. The van der Waals surface area contributed by atoms with Crippen LogP contribution in [0.1, 0.15) is 13.3 Å². The van der Waals surface area contributed by atoms with Crippen LogP contribution in [-0.4, -0.2) is 11.2 Å². The molecule has 0 saturated carbocycles. The SMILES string of the molecule is CC1CC(Cl)C=C(Cl)C1=O. The third-order valence-electron chi connectivity index (χ3n) is 1.59. The summed E-state index contributed by atoms with van der Waals surface area (Å²) >= 11 is 11.3. The van der Waals surface area contributed by atoms with E-state index in [0.29, 0.717) is 11.5 Å². The van der Waals surface area contributed by atoms with Crippen LogP contribution in [0.4, 0.5) is 0 Å². The van der Waals surface area contributed by atoms with Crippen LogP contribution < -0.4 is 0 Å². The fraction of sp³-hybridized carbons (Fsp3) is 0.571. The summed E-state index contributed by atoms with van der Waals surface area (Å²) in [6, 6.07) is 0. The molecule has 0 aromatic rings. The molecule has 0 saturated heterocycles. The summed E-state index contributed by atoms with van der Waals surface area (Å²) in [7, 11) is 0. The Hall–Kier alpha value is -0.0100. The molecule has 10 heavy (non-hydrogen) atoms. The molecule has 3 heteroatoms. The fourth-order valence-corrected chi connectivity index (χ4v) is 1.79. The number of allylic oxidation sites excluding steroid dienone is 2. The molecule has 2 unspecified atom stereocenters. The van der Waals surface area contributed by atoms with Crippen molar-refractivity contribution in [1.82, 2.24) is 0 Å². The summed E-state index contributed by atoms with van der Waals surface area (Å²) in [4.78, 5) is 11.0. The van der Waals surface area contributed by atoms with E-state index in [1.54, 1.807) is 6.08 Å². The quantitative estimate of drug-likeness (QED) is 0.521. The van der Waals surface area contributed by atoms with Gasteiger partial charge in [-0.25, -0.2) is 0 Å². The lowest BCUT2D eigenvalue weighted by Crippen LogP contribution is -2.20. The molecule has 0 aromatic carbocycles. The summed E-state index contributed by atoms with van der Waals surface area (Å²) in [5.41, 5.74) is 0. The molecular weight excluding hydrogens is 171 g/mol. The molecule has 1 nitrogen and oxygen atoms in total. The molecule has 0 bridgehead atoms. The van der Waals surface area contributed by atoms with Crippen LogP contribution in [0.25, 0.3) is 0 Å². The third-order valence-corrected chi connectivity index (χ3v) is 2.21. The minimum Gasteiger partial charge on any atom is -0.293 e. The van der Waals surface area contributed by atoms with Crippen molar-refractivity contribution in [3.63, 3.8) is 0 Å². The first kappa shape index (κ1) is 8.09. The van der Waals surface area contributed by atoms with Gasteiger partial charge in [-0.2, -0.15) is 0 Å². The Balaban J connectivity index is 2.81. The maximum atomic E-state index is 11.0. The summed E-state index contributed by atoms with van der Waals surface area (Å²) in [6.07, 6.45) is 2.31. The maximum absolute atomic E-state index is 11.0. The van der Waals surface area contributed by atoms with Gasteiger partial charge >= 0.3 is 0 Å². The Kier molecular flexibility index (Phi) is 2.37. The van der Waals surface area contributed by atoms with Gasteiger partial charge in [0.05, 0.1) is 10.4 Å². The minimum absolute atomic E-state index is 0.0126. The summed E-state index contributed by atoms with van der Waals surface area (Å²) < 4.78 is 0. The van der Waals surface area contributed by atoms with E-state index in [2.05, 4.69) is 0 Å². The highest BCUT2D eigenvalue weighted by Gasteiger charge is 2.24. The normalized spacial score (nSPS) is 33.9. The molecule has 1 rings (SSSR count). The van der Waals surface area contributed by atoms with Crippen LogP contribution in [0.2, 0.25) is 0 Å². The molecule has 0 fully saturated rings. The van der Waals surface area contributed by atoms with E-state index < -0.39 is 0 Å². The molecule has 1 aliphatic carbocycles. The highest BCUT2D eigenvalue weighted by Crippen LogP contribution is 2.25. The first-order valence-corrected chi connectivity index (χ1v) is 3.98. The van der Waals surface area contributed by atoms with Gasteiger partial charge in [-0.3, -0.25) is 4.79 Å². The van der Waals surface area contributed by atoms with Crippen LogP contribution >= 0.6 is 23.2 Å². The van der Waals surface area contributed by atoms with Gasteiger partial charge in [0.2, 0.25) is 0 Å². The summed E-state index contributed by atoms with van der Waals surface area (Å²) in [5.74, 6) is -0.00133. The van der Waals surface area contributed by atoms with Gasteiger partial charge in [0.25, 0.3) is 0 Å². The third kappa shape index (κ3) is 1.53. The van der Waals surface area contributed by atoms with Gasteiger partial charge < -0.3 is 0 Å². The average Bonchev–Trinajstić information content (AvgIpc) is 1.82. The molecule has 0 spiro atoms. The van der Waals surface area contributed by atoms with Crippen molar-refractivity contribution < 1.29 is 4.79 Å². The van der Waals surface area contributed by atoms with Crippen molar-refractivity contribution in [2.75, 3.05) is 0 Å². The Morgan fingerprint density at radius 2 is 2.30 bits per heavy atom. The number of Topliss-reactive ketones (excluding diaryl/α,β-unsaturated/α-hetero) is 1. The predicted octanol–water partition coefficient (Wildman–Crippen LogP) is 2.33. The predicted molar refractivity (Wildman–Crippen MR) is 42.4 cm³/mol. The smallest absolute Gasteiger partial charge is 0.176 e. The summed E-state index contributed by atoms with van der Waals surface area (Å²) in [5, 5.41) is 0.221. The van der Waals surface area contributed by atoms with Crippen molar-refractivity contribution in [1.29, 1.82) is 0 Å². The topological polar surface area (TPSA) is 17.1 Å². The van der Waals surface area contributed by atoms with Crippen molar-refractivity contribution in [3.05, 3.63) is 11.1 Å². The highest BCUT2D eigenvalue weighted by atomic mass is 35.5. The summed E-state index contributed by atoms with van der Waals surface area (Å²) in [6.45, 7) is 1.84. The van der Waals surface area contributed by atoms with E-state index in [4.69, 9.17) is 23.2 Å². The monoisotopic (exact) mass is 178 g/mol. The van der Waals surface area contributed by atoms with E-state index in [1.165, 1.54) is 0 Å². The molecule has 0 amide bonds. The largest absolute Gasteiger partial charge is 0.293 e. The van der Waals surface area contributed by atoms with Gasteiger partial charge in [-0.05, 0) is 12.5 Å². The number of ketones is 1. The fourth-order valence-electron chi connectivity index (χ4n) is 0.989. The van der Waals surface area contributed by atoms with Crippen molar-refractivity contribution in [3.8, 4) is 0 Å². The molecule has 0 N–H and O–H groups in total. The maximum Gasteiger partial charge on any atom is 0.176 e. The first-order chi connectivity index (χ1) is 4.61. The Labute approximate surface area is 70.0 Å². The zero-order valence-electron chi connectivity index (χ0n) is 5.60.